The number of ether oxygens (including phenoxy) is 1. The molecule has 1 amide bonds. The van der Waals surface area contributed by atoms with Gasteiger partial charge in [0.05, 0.1) is 11.3 Å². The maximum atomic E-state index is 14.5. The number of nitrogens with one attached hydrogen (secondary N) is 1. The second-order valence-electron chi connectivity index (χ2n) is 9.45. The van der Waals surface area contributed by atoms with Crippen LogP contribution in [-0.4, -0.2) is 32.0 Å². The van der Waals surface area contributed by atoms with Gasteiger partial charge in [-0.25, -0.2) is 18.6 Å². The third-order valence-corrected chi connectivity index (χ3v) is 4.83. The number of carbonyl (C=O) groups is 1. The lowest BCUT2D eigenvalue weighted by Gasteiger charge is -2.31. The largest absolute Gasteiger partial charge is 0.444 e. The Balaban J connectivity index is 2.10. The van der Waals surface area contributed by atoms with E-state index >= 15 is 0 Å². The third-order valence-electron chi connectivity index (χ3n) is 4.83. The summed E-state index contributed by atoms with van der Waals surface area (Å²) < 4.78 is 35.4. The normalized spacial score (nSPS) is 13.0. The van der Waals surface area contributed by atoms with Crippen molar-refractivity contribution >= 4 is 6.09 Å². The first-order valence-corrected chi connectivity index (χ1v) is 10.6. The Morgan fingerprint density at radius 3 is 2.39 bits per heavy atom. The fraction of sp³-hybridized carbons (Fsp3) is 0.360. The zero-order valence-electron chi connectivity index (χ0n) is 19.4. The number of halogens is 2. The van der Waals surface area contributed by atoms with Gasteiger partial charge in [0.2, 0.25) is 0 Å². The van der Waals surface area contributed by atoms with Gasteiger partial charge in [-0.2, -0.15) is 0 Å². The average molecular weight is 458 g/mol. The van der Waals surface area contributed by atoms with E-state index in [1.165, 1.54) is 13.8 Å². The van der Waals surface area contributed by atoms with Gasteiger partial charge >= 0.3 is 6.09 Å². The number of rotatable bonds is 6. The summed E-state index contributed by atoms with van der Waals surface area (Å²) in [7, 11) is 0. The number of aliphatic hydroxyl groups is 1. The number of hydrogen-bond acceptors (Lipinski definition) is 4. The Labute approximate surface area is 192 Å². The SMILES string of the molecule is CC(C)(C)OC(=O)N[C@@H](c1nc(-c2cc(F)ccc2F)cn1Cc1ccccc1)C(C)(C)O. The van der Waals surface area contributed by atoms with Gasteiger partial charge in [-0.1, -0.05) is 30.3 Å². The molecule has 176 valence electrons. The van der Waals surface area contributed by atoms with Gasteiger partial charge in [-0.3, -0.25) is 0 Å². The molecule has 0 aliphatic heterocycles. The lowest BCUT2D eigenvalue weighted by Crippen LogP contribution is -2.45. The van der Waals surface area contributed by atoms with E-state index in [9.17, 15) is 18.7 Å². The van der Waals surface area contributed by atoms with Gasteiger partial charge in [-0.05, 0) is 58.4 Å². The van der Waals surface area contributed by atoms with Crippen molar-refractivity contribution in [1.82, 2.24) is 14.9 Å². The Kier molecular flexibility index (Phi) is 6.88. The Hall–Kier alpha value is -3.26. The van der Waals surface area contributed by atoms with Crippen LogP contribution in [0, 0.1) is 11.6 Å². The standard InChI is InChI=1S/C25H29F2N3O3/c1-24(2,3)33-23(31)29-21(25(4,5)32)22-28-20(18-13-17(26)11-12-19(18)27)15-30(22)14-16-9-7-6-8-10-16/h6-13,15,21,32H,14H2,1-5H3,(H,29,31)/t21-/m0/s1. The molecule has 2 N–H and O–H groups in total. The van der Waals surface area contributed by atoms with Crippen molar-refractivity contribution in [3.63, 3.8) is 0 Å². The number of carbonyl (C=O) groups excluding carboxylic acids is 1. The summed E-state index contributed by atoms with van der Waals surface area (Å²) in [6.45, 7) is 8.58. The molecule has 0 aliphatic rings. The number of amides is 1. The van der Waals surface area contributed by atoms with Crippen LogP contribution in [0.15, 0.2) is 54.7 Å². The van der Waals surface area contributed by atoms with Crippen LogP contribution in [0.3, 0.4) is 0 Å². The minimum absolute atomic E-state index is 0.0187. The van der Waals surface area contributed by atoms with Crippen LogP contribution < -0.4 is 5.32 Å². The van der Waals surface area contributed by atoms with Gasteiger partial charge in [-0.15, -0.1) is 0 Å². The molecule has 0 radical (unpaired) electrons. The van der Waals surface area contributed by atoms with Crippen LogP contribution in [0.1, 0.15) is 52.0 Å². The fourth-order valence-electron chi connectivity index (χ4n) is 3.37. The third kappa shape index (κ3) is 6.38. The molecule has 3 aromatic rings. The zero-order valence-corrected chi connectivity index (χ0v) is 19.4. The van der Waals surface area contributed by atoms with E-state index in [0.29, 0.717) is 6.54 Å². The van der Waals surface area contributed by atoms with Crippen LogP contribution in [0.4, 0.5) is 13.6 Å². The first kappa shape index (κ1) is 24.4. The minimum Gasteiger partial charge on any atom is -0.444 e. The molecule has 0 spiro atoms. The second kappa shape index (κ2) is 9.31. The highest BCUT2D eigenvalue weighted by atomic mass is 19.1. The molecule has 1 aromatic heterocycles. The molecule has 0 saturated heterocycles. The molecule has 2 aromatic carbocycles. The van der Waals surface area contributed by atoms with E-state index in [-0.39, 0.29) is 17.1 Å². The maximum Gasteiger partial charge on any atom is 0.408 e. The molecule has 1 atom stereocenters. The van der Waals surface area contributed by atoms with Crippen LogP contribution >= 0.6 is 0 Å². The van der Waals surface area contributed by atoms with Crippen LogP contribution in [0.25, 0.3) is 11.3 Å². The summed E-state index contributed by atoms with van der Waals surface area (Å²) in [6, 6.07) is 11.6. The summed E-state index contributed by atoms with van der Waals surface area (Å²) in [5.41, 5.74) is -1.11. The van der Waals surface area contributed by atoms with Gasteiger partial charge in [0.1, 0.15) is 29.1 Å². The number of alkyl carbamates (subject to hydrolysis) is 1. The van der Waals surface area contributed by atoms with Crippen LogP contribution in [0.5, 0.6) is 0 Å². The van der Waals surface area contributed by atoms with E-state index < -0.39 is 35.0 Å². The number of imidazole rings is 1. The summed E-state index contributed by atoms with van der Waals surface area (Å²) >= 11 is 0. The van der Waals surface area contributed by atoms with Crippen molar-refractivity contribution < 1.29 is 23.4 Å². The van der Waals surface area contributed by atoms with Gasteiger partial charge in [0, 0.05) is 18.3 Å². The Bertz CT molecular complexity index is 1120. The molecule has 6 nitrogen and oxygen atoms in total. The quantitative estimate of drug-likeness (QED) is 0.533. The van der Waals surface area contributed by atoms with Gasteiger partial charge < -0.3 is 19.7 Å². The summed E-state index contributed by atoms with van der Waals surface area (Å²) in [4.78, 5) is 17.1. The van der Waals surface area contributed by atoms with Crippen molar-refractivity contribution in [3.05, 3.63) is 77.8 Å². The lowest BCUT2D eigenvalue weighted by atomic mass is 9.98. The molecule has 0 saturated carbocycles. The van der Waals surface area contributed by atoms with Crippen molar-refractivity contribution in [2.24, 2.45) is 0 Å². The summed E-state index contributed by atoms with van der Waals surface area (Å²) in [6.07, 6.45) is 0.845. The summed E-state index contributed by atoms with van der Waals surface area (Å²) in [5.74, 6) is -0.959. The number of nitrogens with zero attached hydrogens (tertiary/aromatic N) is 2. The number of hydrogen-bond donors (Lipinski definition) is 2. The lowest BCUT2D eigenvalue weighted by molar-refractivity contribution is 0.0134. The average Bonchev–Trinajstić information content (AvgIpc) is 3.09. The monoisotopic (exact) mass is 457 g/mol. The van der Waals surface area contributed by atoms with Crippen LogP contribution in [-0.2, 0) is 11.3 Å². The molecular formula is C25H29F2N3O3. The number of aromatic nitrogens is 2. The molecule has 0 bridgehead atoms. The van der Waals surface area contributed by atoms with Crippen LogP contribution in [0.2, 0.25) is 0 Å². The second-order valence-corrected chi connectivity index (χ2v) is 9.45. The van der Waals surface area contributed by atoms with E-state index in [4.69, 9.17) is 4.74 Å². The molecule has 0 fully saturated rings. The van der Waals surface area contributed by atoms with E-state index in [1.54, 1.807) is 31.5 Å². The van der Waals surface area contributed by atoms with E-state index in [2.05, 4.69) is 10.3 Å². The van der Waals surface area contributed by atoms with Crippen molar-refractivity contribution in [1.29, 1.82) is 0 Å². The topological polar surface area (TPSA) is 76.4 Å². The highest BCUT2D eigenvalue weighted by Gasteiger charge is 2.35. The van der Waals surface area contributed by atoms with Crippen molar-refractivity contribution in [2.45, 2.75) is 58.4 Å². The molecule has 1 heterocycles. The predicted molar refractivity (Wildman–Crippen MR) is 122 cm³/mol. The molecule has 8 heteroatoms. The number of benzene rings is 2. The highest BCUT2D eigenvalue weighted by molar-refractivity contribution is 5.68. The molecule has 0 aliphatic carbocycles. The van der Waals surface area contributed by atoms with Gasteiger partial charge in [0.25, 0.3) is 0 Å². The van der Waals surface area contributed by atoms with Crippen molar-refractivity contribution in [3.8, 4) is 11.3 Å². The summed E-state index contributed by atoms with van der Waals surface area (Å²) in [5, 5.41) is 13.6. The first-order valence-electron chi connectivity index (χ1n) is 10.6. The molecular weight excluding hydrogens is 428 g/mol. The Morgan fingerprint density at radius 1 is 1.12 bits per heavy atom. The van der Waals surface area contributed by atoms with Gasteiger partial charge in [0.15, 0.2) is 0 Å². The zero-order chi connectivity index (χ0) is 24.4. The first-order chi connectivity index (χ1) is 15.3. The fourth-order valence-corrected chi connectivity index (χ4v) is 3.37. The molecule has 33 heavy (non-hydrogen) atoms. The smallest absolute Gasteiger partial charge is 0.408 e. The predicted octanol–water partition coefficient (Wildman–Crippen LogP) is 5.21. The molecule has 0 unspecified atom stereocenters. The molecule has 3 rings (SSSR count). The maximum absolute atomic E-state index is 14.5. The minimum atomic E-state index is -1.45. The Morgan fingerprint density at radius 2 is 1.79 bits per heavy atom. The van der Waals surface area contributed by atoms with Crippen molar-refractivity contribution in [2.75, 3.05) is 0 Å². The highest BCUT2D eigenvalue weighted by Crippen LogP contribution is 2.30. The van der Waals surface area contributed by atoms with E-state index in [1.807, 2.05) is 30.3 Å². The van der Waals surface area contributed by atoms with E-state index in [0.717, 1.165) is 23.8 Å².